The smallest absolute Gasteiger partial charge is 0.116 e. The lowest BCUT2D eigenvalue weighted by atomic mass is 10.2. The summed E-state index contributed by atoms with van der Waals surface area (Å²) in [6.45, 7) is 0. The molecule has 2 aliphatic heterocycles. The first kappa shape index (κ1) is 4.49. The van der Waals surface area contributed by atoms with E-state index in [4.69, 9.17) is 0 Å². The Bertz CT molecular complexity index is 245. The largest absolute Gasteiger partial charge is 0.262 e. The summed E-state index contributed by atoms with van der Waals surface area (Å²) in [4.78, 5) is 7.73. The molecular formula is C6H4N3. The zero-order chi connectivity index (χ0) is 6.10. The Kier molecular flexibility index (Phi) is 0.773. The molecular weight excluding hydrogens is 114 g/mol. The molecule has 3 heteroatoms. The molecule has 0 aromatic heterocycles. The maximum atomic E-state index is 3.97. The molecule has 0 unspecified atom stereocenters. The zero-order valence-corrected chi connectivity index (χ0v) is 4.65. The molecule has 0 spiro atoms. The topological polar surface area (TPSA) is 38.8 Å². The van der Waals surface area contributed by atoms with Crippen molar-refractivity contribution in [3.8, 4) is 0 Å². The number of rotatable bonds is 0. The van der Waals surface area contributed by atoms with Gasteiger partial charge in [-0.25, -0.2) is 10.3 Å². The third kappa shape index (κ3) is 0.579. The second-order valence-corrected chi connectivity index (χ2v) is 1.77. The number of aliphatic imine (C=N–C) groups is 2. The molecule has 0 bridgehead atoms. The van der Waals surface area contributed by atoms with E-state index in [0.717, 1.165) is 11.3 Å². The van der Waals surface area contributed by atoms with Gasteiger partial charge in [-0.05, 0) is 0 Å². The van der Waals surface area contributed by atoms with E-state index in [1.165, 1.54) is 6.34 Å². The van der Waals surface area contributed by atoms with Gasteiger partial charge in [0.1, 0.15) is 6.34 Å². The van der Waals surface area contributed by atoms with Crippen molar-refractivity contribution in [1.29, 1.82) is 0 Å². The molecule has 2 heterocycles. The van der Waals surface area contributed by atoms with Crippen LogP contribution in [0.1, 0.15) is 0 Å². The number of nitrogens with zero attached hydrogens (tertiary/aromatic N) is 3. The first-order valence-electron chi connectivity index (χ1n) is 2.63. The molecule has 0 amide bonds. The van der Waals surface area contributed by atoms with Crippen LogP contribution in [-0.4, -0.2) is 12.6 Å². The first-order chi connectivity index (χ1) is 4.47. The van der Waals surface area contributed by atoms with Gasteiger partial charge in [-0.2, -0.15) is 0 Å². The lowest BCUT2D eigenvalue weighted by molar-refractivity contribution is 1.14. The highest BCUT2D eigenvalue weighted by molar-refractivity contribution is 5.90. The van der Waals surface area contributed by atoms with E-state index in [0.29, 0.717) is 0 Å². The van der Waals surface area contributed by atoms with E-state index in [1.54, 1.807) is 18.6 Å². The summed E-state index contributed by atoms with van der Waals surface area (Å²) in [7, 11) is 0. The Balaban J connectivity index is 2.46. The summed E-state index contributed by atoms with van der Waals surface area (Å²) >= 11 is 0. The number of hydrogen-bond donors (Lipinski definition) is 0. The molecule has 0 N–H and O–H groups in total. The minimum Gasteiger partial charge on any atom is -0.262 e. The number of fused-ring (bicyclic) bond motifs is 1. The van der Waals surface area contributed by atoms with Gasteiger partial charge >= 0.3 is 0 Å². The molecule has 0 saturated carbocycles. The molecule has 0 aromatic rings. The fraction of sp³-hybridized carbons (Fsp3) is 0. The van der Waals surface area contributed by atoms with Gasteiger partial charge in [0, 0.05) is 18.0 Å². The highest BCUT2D eigenvalue weighted by Crippen LogP contribution is 2.13. The Hall–Kier alpha value is -1.38. The Morgan fingerprint density at radius 3 is 3.00 bits per heavy atom. The molecule has 2 rings (SSSR count). The molecule has 0 fully saturated rings. The predicted molar refractivity (Wildman–Crippen MR) is 35.3 cm³/mol. The average Bonchev–Trinajstić information content (AvgIpc) is 2.33. The van der Waals surface area contributed by atoms with E-state index in [9.17, 15) is 0 Å². The second kappa shape index (κ2) is 1.55. The van der Waals surface area contributed by atoms with E-state index < -0.39 is 0 Å². The zero-order valence-electron chi connectivity index (χ0n) is 4.65. The van der Waals surface area contributed by atoms with Gasteiger partial charge in [0.25, 0.3) is 0 Å². The van der Waals surface area contributed by atoms with Crippen molar-refractivity contribution in [1.82, 2.24) is 5.32 Å². The van der Waals surface area contributed by atoms with Gasteiger partial charge in [0.15, 0.2) is 0 Å². The standard InChI is InChI=1S/C6H4N3/c1-5-2-8-4-9-6(5)3-7-1/h1-4H. The maximum Gasteiger partial charge on any atom is 0.116 e. The van der Waals surface area contributed by atoms with Gasteiger partial charge in [-0.3, -0.25) is 4.99 Å². The molecule has 0 aliphatic carbocycles. The lowest BCUT2D eigenvalue weighted by Gasteiger charge is -2.00. The second-order valence-electron chi connectivity index (χ2n) is 1.77. The van der Waals surface area contributed by atoms with Crippen LogP contribution in [0.2, 0.25) is 0 Å². The SMILES string of the molecule is C1=NC=C2C=NC=C2[N]1. The fourth-order valence-electron chi connectivity index (χ4n) is 0.745. The summed E-state index contributed by atoms with van der Waals surface area (Å²) < 4.78 is 0. The summed E-state index contributed by atoms with van der Waals surface area (Å²) in [6.07, 6.45) is 6.73. The van der Waals surface area contributed by atoms with Crippen LogP contribution in [0.4, 0.5) is 0 Å². The third-order valence-corrected chi connectivity index (χ3v) is 1.18. The molecule has 9 heavy (non-hydrogen) atoms. The van der Waals surface area contributed by atoms with Crippen LogP contribution in [0.5, 0.6) is 0 Å². The molecule has 43 valence electrons. The molecule has 1 radical (unpaired) electrons. The summed E-state index contributed by atoms with van der Waals surface area (Å²) in [5, 5.41) is 3.97. The highest BCUT2D eigenvalue weighted by atomic mass is 15.0. The van der Waals surface area contributed by atoms with Crippen molar-refractivity contribution in [2.45, 2.75) is 0 Å². The van der Waals surface area contributed by atoms with Crippen molar-refractivity contribution in [3.63, 3.8) is 0 Å². The summed E-state index contributed by atoms with van der Waals surface area (Å²) in [5.74, 6) is 0. The van der Waals surface area contributed by atoms with Crippen LogP contribution in [0.15, 0.2) is 33.7 Å². The quantitative estimate of drug-likeness (QED) is 0.443. The molecule has 2 aliphatic rings. The first-order valence-corrected chi connectivity index (χ1v) is 2.63. The van der Waals surface area contributed by atoms with Crippen molar-refractivity contribution in [2.24, 2.45) is 9.98 Å². The van der Waals surface area contributed by atoms with Crippen LogP contribution in [0, 0.1) is 0 Å². The van der Waals surface area contributed by atoms with Gasteiger partial charge in [0.2, 0.25) is 0 Å². The Labute approximate surface area is 52.5 Å². The third-order valence-electron chi connectivity index (χ3n) is 1.18. The fourth-order valence-corrected chi connectivity index (χ4v) is 0.745. The Morgan fingerprint density at radius 2 is 2.11 bits per heavy atom. The van der Waals surface area contributed by atoms with Crippen molar-refractivity contribution >= 4 is 12.6 Å². The molecule has 0 atom stereocenters. The highest BCUT2D eigenvalue weighted by Gasteiger charge is 2.09. The molecule has 0 aromatic carbocycles. The normalized spacial score (nSPS) is 20.4. The van der Waals surface area contributed by atoms with Crippen molar-refractivity contribution in [3.05, 3.63) is 23.7 Å². The average molecular weight is 118 g/mol. The van der Waals surface area contributed by atoms with Crippen LogP contribution in [0.25, 0.3) is 0 Å². The minimum atomic E-state index is 0.907. The van der Waals surface area contributed by atoms with Gasteiger partial charge in [-0.15, -0.1) is 0 Å². The summed E-state index contributed by atoms with van der Waals surface area (Å²) in [5.41, 5.74) is 1.91. The van der Waals surface area contributed by atoms with Crippen molar-refractivity contribution < 1.29 is 0 Å². The van der Waals surface area contributed by atoms with E-state index >= 15 is 0 Å². The monoisotopic (exact) mass is 118 g/mol. The van der Waals surface area contributed by atoms with E-state index in [1.807, 2.05) is 0 Å². The van der Waals surface area contributed by atoms with Crippen LogP contribution in [-0.2, 0) is 0 Å². The van der Waals surface area contributed by atoms with Crippen LogP contribution < -0.4 is 5.32 Å². The predicted octanol–water partition coefficient (Wildman–Crippen LogP) is 0.442. The number of allylic oxidation sites excluding steroid dienone is 1. The molecule has 3 nitrogen and oxygen atoms in total. The summed E-state index contributed by atoms with van der Waals surface area (Å²) in [6, 6.07) is 0. The van der Waals surface area contributed by atoms with Gasteiger partial charge in [-0.1, -0.05) is 0 Å². The Morgan fingerprint density at radius 1 is 1.11 bits per heavy atom. The van der Waals surface area contributed by atoms with E-state index in [-0.39, 0.29) is 0 Å². The maximum absolute atomic E-state index is 3.97. The van der Waals surface area contributed by atoms with Gasteiger partial charge < -0.3 is 0 Å². The van der Waals surface area contributed by atoms with Gasteiger partial charge in [0.05, 0.1) is 11.9 Å². The van der Waals surface area contributed by atoms with E-state index in [2.05, 4.69) is 15.3 Å². The molecule has 0 saturated heterocycles. The minimum absolute atomic E-state index is 0.907. The van der Waals surface area contributed by atoms with Crippen molar-refractivity contribution in [2.75, 3.05) is 0 Å². The number of hydrogen-bond acceptors (Lipinski definition) is 2. The van der Waals surface area contributed by atoms with Crippen LogP contribution in [0.3, 0.4) is 0 Å². The van der Waals surface area contributed by atoms with Crippen LogP contribution >= 0.6 is 0 Å². The lowest BCUT2D eigenvalue weighted by Crippen LogP contribution is -2.06.